The van der Waals surface area contributed by atoms with Crippen LogP contribution in [0.5, 0.6) is 11.5 Å². The average Bonchev–Trinajstić information content (AvgIpc) is 2.46. The first-order valence-corrected chi connectivity index (χ1v) is 7.08. The van der Waals surface area contributed by atoms with Crippen LogP contribution in [0.4, 0.5) is 5.69 Å². The molecule has 1 heterocycles. The third-order valence-electron chi connectivity index (χ3n) is 2.92. The van der Waals surface area contributed by atoms with Crippen molar-refractivity contribution >= 4 is 35.2 Å². The number of amides is 2. The van der Waals surface area contributed by atoms with Crippen LogP contribution in [0.15, 0.2) is 12.1 Å². The van der Waals surface area contributed by atoms with Crippen molar-refractivity contribution in [2.45, 2.75) is 0 Å². The molecule has 21 heavy (non-hydrogen) atoms. The molecule has 1 aromatic rings. The summed E-state index contributed by atoms with van der Waals surface area (Å²) in [6.07, 6.45) is 0. The number of carboxylic acids is 1. The van der Waals surface area contributed by atoms with Crippen molar-refractivity contribution in [1.82, 2.24) is 0 Å². The Balaban J connectivity index is 2.62. The summed E-state index contributed by atoms with van der Waals surface area (Å²) < 4.78 is 10.1. The minimum atomic E-state index is -1.26. The Bertz CT molecular complexity index is 599. The largest absolute Gasteiger partial charge is 0.493 e. The maximum atomic E-state index is 12.0. The minimum absolute atomic E-state index is 0.00421. The number of hydrogen-bond acceptors (Lipinski definition) is 6. The molecule has 0 bridgehead atoms. The molecule has 1 saturated heterocycles. The van der Waals surface area contributed by atoms with Crippen molar-refractivity contribution < 1.29 is 29.0 Å². The van der Waals surface area contributed by atoms with Crippen LogP contribution in [0.3, 0.4) is 0 Å². The van der Waals surface area contributed by atoms with Crippen LogP contribution in [0.25, 0.3) is 0 Å². The van der Waals surface area contributed by atoms with Gasteiger partial charge in [0, 0.05) is 12.1 Å². The fourth-order valence-electron chi connectivity index (χ4n) is 1.99. The predicted octanol–water partition coefficient (Wildman–Crippen LogP) is 1.01. The number of methoxy groups -OCH3 is 2. The molecular weight excluding hydrogens is 298 g/mol. The molecule has 1 aliphatic rings. The van der Waals surface area contributed by atoms with Gasteiger partial charge in [-0.3, -0.25) is 9.59 Å². The van der Waals surface area contributed by atoms with Gasteiger partial charge in [-0.1, -0.05) is 0 Å². The van der Waals surface area contributed by atoms with Crippen LogP contribution in [0.1, 0.15) is 10.4 Å². The SMILES string of the molecule is COc1cc(C(=O)O)c(N2C(=O)CSCC2=O)cc1OC. The summed E-state index contributed by atoms with van der Waals surface area (Å²) in [5.41, 5.74) is -0.197. The number of carboxylic acid groups (broad SMARTS) is 1. The van der Waals surface area contributed by atoms with E-state index in [0.29, 0.717) is 0 Å². The van der Waals surface area contributed by atoms with E-state index in [2.05, 4.69) is 0 Å². The number of nitrogens with zero attached hydrogens (tertiary/aromatic N) is 1. The van der Waals surface area contributed by atoms with Gasteiger partial charge in [-0.25, -0.2) is 9.69 Å². The summed E-state index contributed by atoms with van der Waals surface area (Å²) in [5.74, 6) is -1.46. The normalized spacial score (nSPS) is 15.0. The number of aromatic carboxylic acids is 1. The van der Waals surface area contributed by atoms with Gasteiger partial charge >= 0.3 is 5.97 Å². The fraction of sp³-hybridized carbons (Fsp3) is 0.308. The fourth-order valence-corrected chi connectivity index (χ4v) is 2.70. The average molecular weight is 311 g/mol. The Hall–Kier alpha value is -2.22. The highest BCUT2D eigenvalue weighted by atomic mass is 32.2. The summed E-state index contributed by atoms with van der Waals surface area (Å²) in [4.78, 5) is 36.2. The molecule has 112 valence electrons. The maximum Gasteiger partial charge on any atom is 0.337 e. The first-order valence-electron chi connectivity index (χ1n) is 5.92. The van der Waals surface area contributed by atoms with E-state index in [-0.39, 0.29) is 34.3 Å². The van der Waals surface area contributed by atoms with Gasteiger partial charge < -0.3 is 14.6 Å². The Labute approximate surface area is 124 Å². The van der Waals surface area contributed by atoms with Gasteiger partial charge in [0.25, 0.3) is 0 Å². The Kier molecular flexibility index (Phi) is 4.37. The predicted molar refractivity (Wildman–Crippen MR) is 76.3 cm³/mol. The molecule has 0 spiro atoms. The lowest BCUT2D eigenvalue weighted by atomic mass is 10.1. The maximum absolute atomic E-state index is 12.0. The van der Waals surface area contributed by atoms with E-state index >= 15 is 0 Å². The molecule has 0 aromatic heterocycles. The number of carbonyl (C=O) groups excluding carboxylic acids is 2. The molecule has 1 aromatic carbocycles. The Morgan fingerprint density at radius 1 is 1.14 bits per heavy atom. The summed E-state index contributed by atoms with van der Waals surface area (Å²) in [6.45, 7) is 0. The number of benzene rings is 1. The van der Waals surface area contributed by atoms with E-state index in [1.54, 1.807) is 0 Å². The number of thioether (sulfide) groups is 1. The molecular formula is C13H13NO6S. The third-order valence-corrected chi connectivity index (χ3v) is 3.83. The van der Waals surface area contributed by atoms with Crippen LogP contribution in [0.2, 0.25) is 0 Å². The lowest BCUT2D eigenvalue weighted by Crippen LogP contribution is -2.43. The number of carbonyl (C=O) groups is 3. The standard InChI is InChI=1S/C13H13NO6S/c1-19-9-3-7(13(17)18)8(4-10(9)20-2)14-11(15)5-21-6-12(14)16/h3-4H,5-6H2,1-2H3,(H,17,18). The van der Waals surface area contributed by atoms with E-state index in [1.165, 1.54) is 38.1 Å². The Morgan fingerprint density at radius 2 is 1.67 bits per heavy atom. The van der Waals surface area contributed by atoms with Crippen LogP contribution in [-0.2, 0) is 9.59 Å². The van der Waals surface area contributed by atoms with Crippen LogP contribution in [0, 0.1) is 0 Å². The number of imide groups is 1. The molecule has 2 rings (SSSR count). The first kappa shape index (κ1) is 15.2. The van der Waals surface area contributed by atoms with Gasteiger partial charge in [-0.2, -0.15) is 0 Å². The van der Waals surface area contributed by atoms with Gasteiger partial charge in [0.2, 0.25) is 11.8 Å². The minimum Gasteiger partial charge on any atom is -0.493 e. The lowest BCUT2D eigenvalue weighted by Gasteiger charge is -2.26. The molecule has 0 radical (unpaired) electrons. The summed E-state index contributed by atoms with van der Waals surface area (Å²) in [6, 6.07) is 2.56. The second-order valence-electron chi connectivity index (χ2n) is 4.15. The number of anilines is 1. The molecule has 1 N–H and O–H groups in total. The highest BCUT2D eigenvalue weighted by molar-refractivity contribution is 8.00. The summed E-state index contributed by atoms with van der Waals surface area (Å²) in [5, 5.41) is 9.30. The van der Waals surface area contributed by atoms with Crippen molar-refractivity contribution in [2.75, 3.05) is 30.6 Å². The lowest BCUT2D eigenvalue weighted by molar-refractivity contribution is -0.124. The molecule has 0 unspecified atom stereocenters. The van der Waals surface area contributed by atoms with Crippen molar-refractivity contribution in [3.8, 4) is 11.5 Å². The summed E-state index contributed by atoms with van der Waals surface area (Å²) >= 11 is 1.20. The molecule has 7 nitrogen and oxygen atoms in total. The zero-order chi connectivity index (χ0) is 15.6. The van der Waals surface area contributed by atoms with Crippen molar-refractivity contribution in [2.24, 2.45) is 0 Å². The van der Waals surface area contributed by atoms with Crippen molar-refractivity contribution in [3.63, 3.8) is 0 Å². The number of ether oxygens (including phenoxy) is 2. The molecule has 0 saturated carbocycles. The molecule has 1 aliphatic heterocycles. The van der Waals surface area contributed by atoms with Crippen molar-refractivity contribution in [3.05, 3.63) is 17.7 Å². The number of hydrogen-bond donors (Lipinski definition) is 1. The van der Waals surface area contributed by atoms with Gasteiger partial charge in [-0.15, -0.1) is 11.8 Å². The van der Waals surface area contributed by atoms with E-state index < -0.39 is 17.8 Å². The number of rotatable bonds is 4. The van der Waals surface area contributed by atoms with Crippen LogP contribution < -0.4 is 14.4 Å². The highest BCUT2D eigenvalue weighted by Gasteiger charge is 2.32. The summed E-state index contributed by atoms with van der Waals surface area (Å²) in [7, 11) is 2.76. The molecule has 1 fully saturated rings. The molecule has 0 aliphatic carbocycles. The van der Waals surface area contributed by atoms with Crippen LogP contribution >= 0.6 is 11.8 Å². The molecule has 8 heteroatoms. The second-order valence-corrected chi connectivity index (χ2v) is 5.13. The first-order chi connectivity index (χ1) is 9.99. The monoisotopic (exact) mass is 311 g/mol. The third kappa shape index (κ3) is 2.80. The zero-order valence-electron chi connectivity index (χ0n) is 11.4. The quantitative estimate of drug-likeness (QED) is 0.829. The van der Waals surface area contributed by atoms with E-state index in [1.807, 2.05) is 0 Å². The zero-order valence-corrected chi connectivity index (χ0v) is 12.2. The van der Waals surface area contributed by atoms with E-state index in [0.717, 1.165) is 4.90 Å². The van der Waals surface area contributed by atoms with Gasteiger partial charge in [-0.05, 0) is 0 Å². The highest BCUT2D eigenvalue weighted by Crippen LogP contribution is 2.36. The van der Waals surface area contributed by atoms with Gasteiger partial charge in [0.05, 0.1) is 37.0 Å². The second kappa shape index (κ2) is 6.04. The molecule has 2 amide bonds. The van der Waals surface area contributed by atoms with Crippen molar-refractivity contribution in [1.29, 1.82) is 0 Å². The van der Waals surface area contributed by atoms with Gasteiger partial charge in [0.15, 0.2) is 11.5 Å². The van der Waals surface area contributed by atoms with Crippen LogP contribution in [-0.4, -0.2) is 48.6 Å². The molecule has 0 atom stereocenters. The van der Waals surface area contributed by atoms with E-state index in [4.69, 9.17) is 9.47 Å². The smallest absolute Gasteiger partial charge is 0.337 e. The topological polar surface area (TPSA) is 93.1 Å². The Morgan fingerprint density at radius 3 is 2.14 bits per heavy atom. The van der Waals surface area contributed by atoms with E-state index in [9.17, 15) is 19.5 Å². The van der Waals surface area contributed by atoms with Gasteiger partial charge in [0.1, 0.15) is 0 Å².